The molecule has 1 aliphatic rings. The number of hydrogen-bond acceptors (Lipinski definition) is 7. The molecule has 198 valence electrons. The van der Waals surface area contributed by atoms with Gasteiger partial charge in [-0.2, -0.15) is 0 Å². The first kappa shape index (κ1) is 26.2. The molecule has 0 bridgehead atoms. The van der Waals surface area contributed by atoms with Crippen LogP contribution in [0.1, 0.15) is 31.2 Å². The highest BCUT2D eigenvalue weighted by molar-refractivity contribution is 7.93. The van der Waals surface area contributed by atoms with Crippen molar-refractivity contribution in [3.63, 3.8) is 0 Å². The van der Waals surface area contributed by atoms with E-state index in [9.17, 15) is 13.5 Å². The van der Waals surface area contributed by atoms with Crippen molar-refractivity contribution in [1.29, 1.82) is 0 Å². The van der Waals surface area contributed by atoms with Crippen molar-refractivity contribution < 1.29 is 13.5 Å². The second-order valence-electron chi connectivity index (χ2n) is 9.79. The van der Waals surface area contributed by atoms with E-state index in [0.29, 0.717) is 22.5 Å². The lowest BCUT2D eigenvalue weighted by Gasteiger charge is -2.26. The highest BCUT2D eigenvalue weighted by Gasteiger charge is 2.24. The third-order valence-corrected chi connectivity index (χ3v) is 9.41. The Morgan fingerprint density at radius 1 is 1.08 bits per heavy atom. The summed E-state index contributed by atoms with van der Waals surface area (Å²) in [6, 6.07) is 15.9. The Balaban J connectivity index is 1.41. The maximum atomic E-state index is 13.2. The SMILES string of the molecule is Cc1cc(N(C)S(=O)(=O)c2ccccc2Cl)ccc1-c1cc(O)c2nc(NC3CCC(N)CC3)ncc2c1. The molecule has 1 heterocycles. The Bertz CT molecular complexity index is 1600. The second kappa shape index (κ2) is 10.4. The number of rotatable bonds is 6. The molecule has 1 aliphatic carbocycles. The number of nitrogens with zero attached hydrogens (tertiary/aromatic N) is 3. The van der Waals surface area contributed by atoms with Crippen molar-refractivity contribution in [2.45, 2.75) is 49.6 Å². The number of nitrogens with two attached hydrogens (primary N) is 1. The van der Waals surface area contributed by atoms with Crippen LogP contribution in [0.15, 0.2) is 65.7 Å². The molecule has 1 fully saturated rings. The van der Waals surface area contributed by atoms with Crippen LogP contribution in [0.4, 0.5) is 11.6 Å². The lowest BCUT2D eigenvalue weighted by atomic mass is 9.92. The Morgan fingerprint density at radius 3 is 2.53 bits per heavy atom. The quantitative estimate of drug-likeness (QED) is 0.290. The van der Waals surface area contributed by atoms with Gasteiger partial charge in [-0.15, -0.1) is 0 Å². The minimum absolute atomic E-state index is 0.0475. The van der Waals surface area contributed by atoms with Gasteiger partial charge in [0.15, 0.2) is 0 Å². The summed E-state index contributed by atoms with van der Waals surface area (Å²) in [6.45, 7) is 1.90. The molecule has 38 heavy (non-hydrogen) atoms. The van der Waals surface area contributed by atoms with Crippen LogP contribution in [0.5, 0.6) is 5.75 Å². The fourth-order valence-corrected chi connectivity index (χ4v) is 6.59. The van der Waals surface area contributed by atoms with Crippen molar-refractivity contribution >= 4 is 44.2 Å². The van der Waals surface area contributed by atoms with Gasteiger partial charge in [0.1, 0.15) is 16.2 Å². The summed E-state index contributed by atoms with van der Waals surface area (Å²) in [6.07, 6.45) is 5.59. The van der Waals surface area contributed by atoms with Crippen LogP contribution in [-0.4, -0.2) is 42.6 Å². The van der Waals surface area contributed by atoms with Crippen molar-refractivity contribution in [2.75, 3.05) is 16.7 Å². The van der Waals surface area contributed by atoms with Gasteiger partial charge >= 0.3 is 0 Å². The number of fused-ring (bicyclic) bond motifs is 1. The van der Waals surface area contributed by atoms with E-state index in [0.717, 1.165) is 42.4 Å². The fourth-order valence-electron chi connectivity index (χ4n) is 4.91. The average molecular weight is 552 g/mol. The molecule has 4 aromatic rings. The predicted octanol–water partition coefficient (Wildman–Crippen LogP) is 5.47. The summed E-state index contributed by atoms with van der Waals surface area (Å²) in [7, 11) is -2.34. The number of aromatic nitrogens is 2. The Hall–Kier alpha value is -3.40. The highest BCUT2D eigenvalue weighted by Crippen LogP contribution is 2.35. The fraction of sp³-hybridized carbons (Fsp3) is 0.286. The van der Waals surface area contributed by atoms with Gasteiger partial charge in [-0.25, -0.2) is 18.4 Å². The molecule has 1 saturated carbocycles. The van der Waals surface area contributed by atoms with Crippen LogP contribution < -0.4 is 15.4 Å². The van der Waals surface area contributed by atoms with Gasteiger partial charge in [0.2, 0.25) is 5.95 Å². The first-order chi connectivity index (χ1) is 18.1. The second-order valence-corrected chi connectivity index (χ2v) is 12.1. The summed E-state index contributed by atoms with van der Waals surface area (Å²) in [5.41, 5.74) is 9.45. The van der Waals surface area contributed by atoms with Crippen LogP contribution in [0.2, 0.25) is 5.02 Å². The van der Waals surface area contributed by atoms with Gasteiger partial charge < -0.3 is 16.2 Å². The first-order valence-corrected chi connectivity index (χ1v) is 14.3. The van der Waals surface area contributed by atoms with Crippen LogP contribution in [0.3, 0.4) is 0 Å². The van der Waals surface area contributed by atoms with E-state index in [4.69, 9.17) is 17.3 Å². The molecule has 10 heteroatoms. The number of aromatic hydroxyl groups is 1. The number of phenolic OH excluding ortho intramolecular Hbond substituents is 1. The number of aryl methyl sites for hydroxylation is 1. The van der Waals surface area contributed by atoms with Gasteiger partial charge in [0.25, 0.3) is 10.0 Å². The molecule has 4 N–H and O–H groups in total. The normalized spacial score (nSPS) is 17.9. The van der Waals surface area contributed by atoms with Gasteiger partial charge in [0.05, 0.1) is 10.7 Å². The van der Waals surface area contributed by atoms with Crippen molar-refractivity contribution in [2.24, 2.45) is 5.73 Å². The van der Waals surface area contributed by atoms with E-state index < -0.39 is 10.0 Å². The molecule has 0 aliphatic heterocycles. The minimum Gasteiger partial charge on any atom is -0.506 e. The first-order valence-electron chi connectivity index (χ1n) is 12.5. The molecule has 0 unspecified atom stereocenters. The third kappa shape index (κ3) is 5.14. The summed E-state index contributed by atoms with van der Waals surface area (Å²) in [5.74, 6) is 0.542. The lowest BCUT2D eigenvalue weighted by molar-refractivity contribution is 0.410. The monoisotopic (exact) mass is 551 g/mol. The van der Waals surface area contributed by atoms with Crippen LogP contribution in [-0.2, 0) is 10.0 Å². The maximum absolute atomic E-state index is 13.2. The summed E-state index contributed by atoms with van der Waals surface area (Å²) in [4.78, 5) is 9.08. The molecule has 0 saturated heterocycles. The number of hydrogen-bond donors (Lipinski definition) is 3. The largest absolute Gasteiger partial charge is 0.506 e. The lowest BCUT2D eigenvalue weighted by Crippen LogP contribution is -2.33. The molecule has 1 aromatic heterocycles. The zero-order chi connectivity index (χ0) is 27.0. The van der Waals surface area contributed by atoms with E-state index in [1.807, 2.05) is 19.1 Å². The van der Waals surface area contributed by atoms with E-state index in [1.54, 1.807) is 42.6 Å². The molecule has 5 rings (SSSR count). The number of benzene rings is 3. The topological polar surface area (TPSA) is 121 Å². The number of halogens is 1. The van der Waals surface area contributed by atoms with Crippen LogP contribution in [0, 0.1) is 6.92 Å². The molecule has 0 amide bonds. The van der Waals surface area contributed by atoms with Crippen molar-refractivity contribution in [3.05, 3.63) is 71.4 Å². The molecular weight excluding hydrogens is 522 g/mol. The van der Waals surface area contributed by atoms with E-state index in [2.05, 4.69) is 15.3 Å². The van der Waals surface area contributed by atoms with Gasteiger partial charge in [-0.1, -0.05) is 29.8 Å². The van der Waals surface area contributed by atoms with Gasteiger partial charge in [0, 0.05) is 30.7 Å². The highest BCUT2D eigenvalue weighted by atomic mass is 35.5. The van der Waals surface area contributed by atoms with Crippen LogP contribution in [0.25, 0.3) is 22.0 Å². The molecule has 0 spiro atoms. The Kier molecular flexibility index (Phi) is 7.17. The zero-order valence-corrected chi connectivity index (χ0v) is 22.8. The third-order valence-electron chi connectivity index (χ3n) is 7.13. The summed E-state index contributed by atoms with van der Waals surface area (Å²) >= 11 is 6.15. The van der Waals surface area contributed by atoms with E-state index >= 15 is 0 Å². The number of sulfonamides is 1. The predicted molar refractivity (Wildman–Crippen MR) is 152 cm³/mol. The standard InChI is InChI=1S/C28H30ClN5O3S/c1-17-13-22(34(2)38(36,37)26-6-4-3-5-24(26)29)11-12-23(17)18-14-19-16-31-28(33-27(19)25(35)15-18)32-21-9-7-20(30)8-10-21/h3-6,11-16,20-21,35H,7-10,30H2,1-2H3,(H,31,32,33). The van der Waals surface area contributed by atoms with Gasteiger partial charge in [-0.3, -0.25) is 4.31 Å². The minimum atomic E-state index is -3.84. The molecule has 3 aromatic carbocycles. The average Bonchev–Trinajstić information content (AvgIpc) is 2.90. The molecule has 0 radical (unpaired) electrons. The number of anilines is 2. The summed E-state index contributed by atoms with van der Waals surface area (Å²) < 4.78 is 27.5. The molecular formula is C28H30ClN5O3S. The smallest absolute Gasteiger partial charge is 0.265 e. The van der Waals surface area contributed by atoms with Crippen LogP contribution >= 0.6 is 11.6 Å². The molecule has 8 nitrogen and oxygen atoms in total. The Morgan fingerprint density at radius 2 is 1.82 bits per heavy atom. The van der Waals surface area contributed by atoms with E-state index in [-0.39, 0.29) is 27.8 Å². The van der Waals surface area contributed by atoms with Gasteiger partial charge in [-0.05, 0) is 85.7 Å². The van der Waals surface area contributed by atoms with Crippen molar-refractivity contribution in [3.8, 4) is 16.9 Å². The van der Waals surface area contributed by atoms with E-state index in [1.165, 1.54) is 17.4 Å². The summed E-state index contributed by atoms with van der Waals surface area (Å²) in [5, 5.41) is 15.1. The number of nitrogens with one attached hydrogen (secondary N) is 1. The molecule has 0 atom stereocenters. The Labute approximate surface area is 227 Å². The van der Waals surface area contributed by atoms with Crippen molar-refractivity contribution in [1.82, 2.24) is 9.97 Å². The number of phenols is 1. The zero-order valence-electron chi connectivity index (χ0n) is 21.2. The maximum Gasteiger partial charge on any atom is 0.265 e.